The molecule has 20 heavy (non-hydrogen) atoms. The van der Waals surface area contributed by atoms with E-state index in [-0.39, 0.29) is 5.91 Å². The van der Waals surface area contributed by atoms with E-state index in [0.29, 0.717) is 5.92 Å². The van der Waals surface area contributed by atoms with Crippen molar-refractivity contribution in [3.63, 3.8) is 0 Å². The second kappa shape index (κ2) is 6.75. The first-order chi connectivity index (χ1) is 9.61. The number of hydrogen-bond donors (Lipinski definition) is 1. The van der Waals surface area contributed by atoms with Crippen LogP contribution in [0.1, 0.15) is 28.8 Å². The lowest BCUT2D eigenvalue weighted by Gasteiger charge is -2.27. The first-order valence-corrected chi connectivity index (χ1v) is 7.23. The van der Waals surface area contributed by atoms with E-state index in [9.17, 15) is 4.79 Å². The zero-order chi connectivity index (χ0) is 14.5. The number of amides is 1. The smallest absolute Gasteiger partial charge is 0.253 e. The maximum atomic E-state index is 12.4. The summed E-state index contributed by atoms with van der Waals surface area (Å²) in [6, 6.07) is 5.81. The van der Waals surface area contributed by atoms with E-state index in [1.165, 1.54) is 0 Å². The highest BCUT2D eigenvalue weighted by Gasteiger charge is 2.19. The molecular weight excluding hydrogens is 252 g/mol. The van der Waals surface area contributed by atoms with Crippen LogP contribution < -0.4 is 5.32 Å². The average Bonchev–Trinajstić information content (AvgIpc) is 2.47. The Hall–Kier alpha value is -1.55. The lowest BCUT2D eigenvalue weighted by molar-refractivity contribution is 0.0497. The number of rotatable bonds is 4. The van der Waals surface area contributed by atoms with Crippen molar-refractivity contribution in [2.24, 2.45) is 5.92 Å². The highest BCUT2D eigenvalue weighted by Crippen LogP contribution is 2.19. The summed E-state index contributed by atoms with van der Waals surface area (Å²) in [5, 5.41) is 3.12. The summed E-state index contributed by atoms with van der Waals surface area (Å²) >= 11 is 0. The number of anilines is 1. The molecule has 1 saturated heterocycles. The van der Waals surface area contributed by atoms with Gasteiger partial charge in [-0.1, -0.05) is 0 Å². The quantitative estimate of drug-likeness (QED) is 0.919. The molecule has 1 aromatic rings. The molecule has 0 bridgehead atoms. The molecule has 0 aliphatic carbocycles. The average molecular weight is 276 g/mol. The third kappa shape index (κ3) is 3.51. The number of nitrogens with one attached hydrogen (secondary N) is 1. The summed E-state index contributed by atoms with van der Waals surface area (Å²) in [7, 11) is 3.78. The maximum Gasteiger partial charge on any atom is 0.253 e. The van der Waals surface area contributed by atoms with Gasteiger partial charge in [0.05, 0.1) is 0 Å². The molecule has 1 aliphatic heterocycles. The van der Waals surface area contributed by atoms with Gasteiger partial charge in [-0.2, -0.15) is 0 Å². The number of carbonyl (C=O) groups excluding carboxylic acids is 1. The van der Waals surface area contributed by atoms with Crippen LogP contribution >= 0.6 is 0 Å². The molecule has 0 radical (unpaired) electrons. The lowest BCUT2D eigenvalue weighted by atomic mass is 9.99. The highest BCUT2D eigenvalue weighted by molar-refractivity contribution is 5.94. The topological polar surface area (TPSA) is 41.6 Å². The Morgan fingerprint density at radius 2 is 2.10 bits per heavy atom. The van der Waals surface area contributed by atoms with E-state index in [4.69, 9.17) is 4.74 Å². The van der Waals surface area contributed by atoms with E-state index in [2.05, 4.69) is 5.32 Å². The summed E-state index contributed by atoms with van der Waals surface area (Å²) in [6.45, 7) is 4.47. The normalized spacial score (nSPS) is 15.9. The Morgan fingerprint density at radius 1 is 1.40 bits per heavy atom. The fourth-order valence-electron chi connectivity index (χ4n) is 2.70. The predicted octanol–water partition coefficient (Wildman–Crippen LogP) is 2.54. The van der Waals surface area contributed by atoms with Crippen LogP contribution in [0.3, 0.4) is 0 Å². The summed E-state index contributed by atoms with van der Waals surface area (Å²) in [5.41, 5.74) is 2.92. The van der Waals surface area contributed by atoms with Gasteiger partial charge in [0.25, 0.3) is 5.91 Å². The van der Waals surface area contributed by atoms with Crippen LogP contribution in [0.2, 0.25) is 0 Å². The summed E-state index contributed by atoms with van der Waals surface area (Å²) in [6.07, 6.45) is 2.10. The summed E-state index contributed by atoms with van der Waals surface area (Å²) < 4.78 is 5.36. The van der Waals surface area contributed by atoms with Crippen molar-refractivity contribution in [3.05, 3.63) is 29.3 Å². The van der Waals surface area contributed by atoms with E-state index in [1.807, 2.05) is 44.1 Å². The van der Waals surface area contributed by atoms with E-state index in [1.54, 1.807) is 0 Å². The molecule has 0 unspecified atom stereocenters. The van der Waals surface area contributed by atoms with Gasteiger partial charge in [0, 0.05) is 45.1 Å². The van der Waals surface area contributed by atoms with Crippen molar-refractivity contribution in [1.29, 1.82) is 0 Å². The van der Waals surface area contributed by atoms with Crippen LogP contribution in [0.4, 0.5) is 5.69 Å². The maximum absolute atomic E-state index is 12.4. The van der Waals surface area contributed by atoms with Gasteiger partial charge in [-0.05, 0) is 49.4 Å². The van der Waals surface area contributed by atoms with Gasteiger partial charge < -0.3 is 15.0 Å². The van der Waals surface area contributed by atoms with E-state index >= 15 is 0 Å². The fourth-order valence-corrected chi connectivity index (χ4v) is 2.70. The molecule has 1 amide bonds. The van der Waals surface area contributed by atoms with Gasteiger partial charge in [0.2, 0.25) is 0 Å². The Kier molecular flexibility index (Phi) is 5.01. The Morgan fingerprint density at radius 3 is 2.70 bits per heavy atom. The Bertz CT molecular complexity index is 468. The molecule has 1 aromatic carbocycles. The van der Waals surface area contributed by atoms with Crippen molar-refractivity contribution >= 4 is 11.6 Å². The van der Waals surface area contributed by atoms with Crippen LogP contribution in [-0.4, -0.2) is 44.7 Å². The van der Waals surface area contributed by atoms with Crippen molar-refractivity contribution in [2.75, 3.05) is 39.2 Å². The zero-order valence-corrected chi connectivity index (χ0v) is 12.6. The third-order valence-corrected chi connectivity index (χ3v) is 3.96. The second-order valence-electron chi connectivity index (χ2n) is 5.52. The van der Waals surface area contributed by atoms with Crippen molar-refractivity contribution in [2.45, 2.75) is 19.8 Å². The molecule has 0 atom stereocenters. The molecule has 1 N–H and O–H groups in total. The van der Waals surface area contributed by atoms with Crippen LogP contribution in [0.5, 0.6) is 0 Å². The lowest BCUT2D eigenvalue weighted by Crippen LogP contribution is -2.34. The van der Waals surface area contributed by atoms with Crippen LogP contribution in [0, 0.1) is 12.8 Å². The third-order valence-electron chi connectivity index (χ3n) is 3.96. The monoisotopic (exact) mass is 276 g/mol. The molecule has 1 aliphatic rings. The van der Waals surface area contributed by atoms with Crippen molar-refractivity contribution in [1.82, 2.24) is 4.90 Å². The van der Waals surface area contributed by atoms with Gasteiger partial charge in [-0.25, -0.2) is 0 Å². The van der Waals surface area contributed by atoms with Gasteiger partial charge in [-0.15, -0.1) is 0 Å². The van der Waals surface area contributed by atoms with E-state index in [0.717, 1.165) is 49.4 Å². The number of ether oxygens (including phenoxy) is 1. The number of nitrogens with zero attached hydrogens (tertiary/aromatic N) is 1. The largest absolute Gasteiger partial charge is 0.388 e. The molecule has 0 spiro atoms. The minimum atomic E-state index is 0.0993. The molecular formula is C16H24N2O2. The molecule has 1 fully saturated rings. The molecule has 4 heteroatoms. The molecule has 4 nitrogen and oxygen atoms in total. The van der Waals surface area contributed by atoms with Gasteiger partial charge in [0.15, 0.2) is 0 Å². The van der Waals surface area contributed by atoms with Crippen LogP contribution in [0.25, 0.3) is 0 Å². The standard InChI is InChI=1S/C16H24N2O2/c1-12-10-14(4-5-15(12)17-2)16(19)18(3)11-13-6-8-20-9-7-13/h4-5,10,13,17H,6-9,11H2,1-3H3. The summed E-state index contributed by atoms with van der Waals surface area (Å²) in [5.74, 6) is 0.664. The predicted molar refractivity (Wildman–Crippen MR) is 81.2 cm³/mol. The molecule has 0 saturated carbocycles. The van der Waals surface area contributed by atoms with Crippen molar-refractivity contribution < 1.29 is 9.53 Å². The number of benzene rings is 1. The van der Waals surface area contributed by atoms with Crippen LogP contribution in [0.15, 0.2) is 18.2 Å². The SMILES string of the molecule is CNc1ccc(C(=O)N(C)CC2CCOCC2)cc1C. The number of carbonyl (C=O) groups is 1. The summed E-state index contributed by atoms with van der Waals surface area (Å²) in [4.78, 5) is 14.3. The minimum Gasteiger partial charge on any atom is -0.388 e. The Labute approximate surface area is 121 Å². The van der Waals surface area contributed by atoms with Crippen LogP contribution in [-0.2, 0) is 4.74 Å². The van der Waals surface area contributed by atoms with Gasteiger partial charge in [-0.3, -0.25) is 4.79 Å². The first kappa shape index (κ1) is 14.9. The number of hydrogen-bond acceptors (Lipinski definition) is 3. The van der Waals surface area contributed by atoms with E-state index < -0.39 is 0 Å². The Balaban J connectivity index is 2.00. The zero-order valence-electron chi connectivity index (χ0n) is 12.6. The molecule has 1 heterocycles. The molecule has 0 aromatic heterocycles. The second-order valence-corrected chi connectivity index (χ2v) is 5.52. The number of aryl methyl sites for hydroxylation is 1. The minimum absolute atomic E-state index is 0.0993. The fraction of sp³-hybridized carbons (Fsp3) is 0.562. The molecule has 2 rings (SSSR count). The first-order valence-electron chi connectivity index (χ1n) is 7.23. The highest BCUT2D eigenvalue weighted by atomic mass is 16.5. The molecule has 110 valence electrons. The van der Waals surface area contributed by atoms with Gasteiger partial charge >= 0.3 is 0 Å². The van der Waals surface area contributed by atoms with Crippen molar-refractivity contribution in [3.8, 4) is 0 Å². The van der Waals surface area contributed by atoms with Gasteiger partial charge in [0.1, 0.15) is 0 Å².